The number of aromatic nitrogens is 2. The third-order valence-electron chi connectivity index (χ3n) is 3.24. The summed E-state index contributed by atoms with van der Waals surface area (Å²) in [5, 5.41) is 3.35. The van der Waals surface area contributed by atoms with E-state index in [1.807, 2.05) is 0 Å². The summed E-state index contributed by atoms with van der Waals surface area (Å²) >= 11 is 0. The van der Waals surface area contributed by atoms with Crippen molar-refractivity contribution in [1.29, 1.82) is 0 Å². The van der Waals surface area contributed by atoms with Crippen LogP contribution in [0.1, 0.15) is 39.5 Å². The standard InChI is InChI=1S/C12H19N3O/c1-12(2)5-3-4-9(7-12)15-10-6-11(16)14-8-13-10/h6,8-9H,3-5,7H2,1-2H3,(H2,13,14,15,16). The Kier molecular flexibility index (Phi) is 2.99. The highest BCUT2D eigenvalue weighted by Gasteiger charge is 2.27. The Bertz CT molecular complexity index is 411. The summed E-state index contributed by atoms with van der Waals surface area (Å²) in [5.41, 5.74) is 0.296. The Hall–Kier alpha value is -1.32. The van der Waals surface area contributed by atoms with Crippen LogP contribution in [0, 0.1) is 5.41 Å². The normalized spacial score (nSPS) is 24.0. The Balaban J connectivity index is 2.02. The lowest BCUT2D eigenvalue weighted by molar-refractivity contribution is 0.229. The fourth-order valence-electron chi connectivity index (χ4n) is 2.48. The zero-order valence-corrected chi connectivity index (χ0v) is 9.92. The minimum absolute atomic E-state index is 0.104. The number of aromatic amines is 1. The van der Waals surface area contributed by atoms with Crippen LogP contribution in [0.15, 0.2) is 17.2 Å². The molecule has 1 aromatic rings. The largest absolute Gasteiger partial charge is 0.367 e. The van der Waals surface area contributed by atoms with Gasteiger partial charge in [0, 0.05) is 12.1 Å². The average molecular weight is 221 g/mol. The van der Waals surface area contributed by atoms with E-state index >= 15 is 0 Å². The van der Waals surface area contributed by atoms with E-state index in [9.17, 15) is 4.79 Å². The molecule has 1 heterocycles. The highest BCUT2D eigenvalue weighted by atomic mass is 16.1. The Morgan fingerprint density at radius 1 is 1.56 bits per heavy atom. The van der Waals surface area contributed by atoms with Crippen molar-refractivity contribution in [3.63, 3.8) is 0 Å². The van der Waals surface area contributed by atoms with E-state index in [0.717, 1.165) is 12.8 Å². The van der Waals surface area contributed by atoms with Crippen LogP contribution in [-0.4, -0.2) is 16.0 Å². The third kappa shape index (κ3) is 2.84. The van der Waals surface area contributed by atoms with Gasteiger partial charge in [0.05, 0.1) is 6.33 Å². The van der Waals surface area contributed by atoms with E-state index in [-0.39, 0.29) is 5.56 Å². The molecule has 4 nitrogen and oxygen atoms in total. The van der Waals surface area contributed by atoms with E-state index in [1.54, 1.807) is 0 Å². The van der Waals surface area contributed by atoms with Gasteiger partial charge in [0.2, 0.25) is 0 Å². The number of nitrogens with one attached hydrogen (secondary N) is 2. The predicted octanol–water partition coefficient (Wildman–Crippen LogP) is 2.15. The Morgan fingerprint density at radius 3 is 3.06 bits per heavy atom. The predicted molar refractivity (Wildman–Crippen MR) is 64.5 cm³/mol. The molecule has 0 aromatic carbocycles. The molecule has 1 fully saturated rings. The molecule has 1 aliphatic rings. The summed E-state index contributed by atoms with van der Waals surface area (Å²) in [6.45, 7) is 4.60. The minimum Gasteiger partial charge on any atom is -0.367 e. The molecule has 0 saturated heterocycles. The molecule has 2 N–H and O–H groups in total. The lowest BCUT2D eigenvalue weighted by atomic mass is 9.75. The van der Waals surface area contributed by atoms with Crippen molar-refractivity contribution in [1.82, 2.24) is 9.97 Å². The molecule has 88 valence electrons. The Morgan fingerprint density at radius 2 is 2.38 bits per heavy atom. The van der Waals surface area contributed by atoms with Gasteiger partial charge in [-0.05, 0) is 24.7 Å². The molecule has 0 aliphatic heterocycles. The first-order valence-corrected chi connectivity index (χ1v) is 5.86. The van der Waals surface area contributed by atoms with Gasteiger partial charge in [0.25, 0.3) is 5.56 Å². The molecule has 16 heavy (non-hydrogen) atoms. The molecular formula is C12H19N3O. The van der Waals surface area contributed by atoms with Crippen LogP contribution in [0.25, 0.3) is 0 Å². The maximum Gasteiger partial charge on any atom is 0.252 e. The zero-order valence-electron chi connectivity index (χ0n) is 9.92. The second kappa shape index (κ2) is 4.28. The van der Waals surface area contributed by atoms with Gasteiger partial charge in [-0.2, -0.15) is 0 Å². The van der Waals surface area contributed by atoms with Gasteiger partial charge in [0.15, 0.2) is 0 Å². The molecule has 2 rings (SSSR count). The van der Waals surface area contributed by atoms with Gasteiger partial charge >= 0.3 is 0 Å². The van der Waals surface area contributed by atoms with Crippen LogP contribution in [0.3, 0.4) is 0 Å². The molecule has 0 bridgehead atoms. The van der Waals surface area contributed by atoms with Crippen LogP contribution in [0.2, 0.25) is 0 Å². The first-order chi connectivity index (χ1) is 7.55. The average Bonchev–Trinajstić information content (AvgIpc) is 2.15. The smallest absolute Gasteiger partial charge is 0.252 e. The highest BCUT2D eigenvalue weighted by Crippen LogP contribution is 2.35. The van der Waals surface area contributed by atoms with Crippen molar-refractivity contribution in [3.8, 4) is 0 Å². The third-order valence-corrected chi connectivity index (χ3v) is 3.24. The molecule has 4 heteroatoms. The fourth-order valence-corrected chi connectivity index (χ4v) is 2.48. The molecule has 1 aliphatic carbocycles. The lowest BCUT2D eigenvalue weighted by Crippen LogP contribution is -2.32. The summed E-state index contributed by atoms with van der Waals surface area (Å²) in [7, 11) is 0. The van der Waals surface area contributed by atoms with E-state index in [4.69, 9.17) is 0 Å². The van der Waals surface area contributed by atoms with E-state index in [1.165, 1.54) is 25.2 Å². The monoisotopic (exact) mass is 221 g/mol. The highest BCUT2D eigenvalue weighted by molar-refractivity contribution is 5.33. The van der Waals surface area contributed by atoms with Crippen LogP contribution in [0.5, 0.6) is 0 Å². The van der Waals surface area contributed by atoms with Gasteiger partial charge in [0.1, 0.15) is 5.82 Å². The summed E-state index contributed by atoms with van der Waals surface area (Å²) in [4.78, 5) is 17.8. The van der Waals surface area contributed by atoms with Crippen LogP contribution < -0.4 is 10.9 Å². The van der Waals surface area contributed by atoms with Crippen molar-refractivity contribution in [2.24, 2.45) is 5.41 Å². The van der Waals surface area contributed by atoms with Crippen LogP contribution in [0.4, 0.5) is 5.82 Å². The molecule has 1 saturated carbocycles. The topological polar surface area (TPSA) is 57.8 Å². The summed E-state index contributed by atoms with van der Waals surface area (Å²) < 4.78 is 0. The SMILES string of the molecule is CC1(C)CCCC(Nc2cc(=O)[nH]cn2)C1. The second-order valence-corrected chi connectivity index (χ2v) is 5.40. The number of nitrogens with zero attached hydrogens (tertiary/aromatic N) is 1. The number of anilines is 1. The second-order valence-electron chi connectivity index (χ2n) is 5.40. The van der Waals surface area contributed by atoms with Gasteiger partial charge in [-0.25, -0.2) is 4.98 Å². The minimum atomic E-state index is -0.104. The van der Waals surface area contributed by atoms with E-state index < -0.39 is 0 Å². The van der Waals surface area contributed by atoms with Crippen molar-refractivity contribution >= 4 is 5.82 Å². The van der Waals surface area contributed by atoms with Crippen molar-refractivity contribution in [3.05, 3.63) is 22.7 Å². The lowest BCUT2D eigenvalue weighted by Gasteiger charge is -2.35. The number of rotatable bonds is 2. The molecule has 0 radical (unpaired) electrons. The maximum atomic E-state index is 11.1. The van der Waals surface area contributed by atoms with E-state index in [2.05, 4.69) is 29.1 Å². The zero-order chi connectivity index (χ0) is 11.6. The fraction of sp³-hybridized carbons (Fsp3) is 0.667. The summed E-state index contributed by atoms with van der Waals surface area (Å²) in [6.07, 6.45) is 6.28. The molecule has 1 aromatic heterocycles. The molecular weight excluding hydrogens is 202 g/mol. The van der Waals surface area contributed by atoms with Gasteiger partial charge in [-0.1, -0.05) is 20.3 Å². The van der Waals surface area contributed by atoms with Gasteiger partial charge < -0.3 is 10.3 Å². The van der Waals surface area contributed by atoms with Gasteiger partial charge in [-0.15, -0.1) is 0 Å². The van der Waals surface area contributed by atoms with Crippen LogP contribution >= 0.6 is 0 Å². The number of H-pyrrole nitrogens is 1. The summed E-state index contributed by atoms with van der Waals surface area (Å²) in [6, 6.07) is 1.96. The maximum absolute atomic E-state index is 11.1. The number of hydrogen-bond acceptors (Lipinski definition) is 3. The first-order valence-electron chi connectivity index (χ1n) is 5.86. The molecule has 1 unspecified atom stereocenters. The van der Waals surface area contributed by atoms with Crippen molar-refractivity contribution < 1.29 is 0 Å². The van der Waals surface area contributed by atoms with E-state index in [0.29, 0.717) is 17.3 Å². The van der Waals surface area contributed by atoms with Crippen molar-refractivity contribution in [2.75, 3.05) is 5.32 Å². The Labute approximate surface area is 95.5 Å². The number of hydrogen-bond donors (Lipinski definition) is 2. The first kappa shape index (κ1) is 11.2. The quantitative estimate of drug-likeness (QED) is 0.804. The molecule has 1 atom stereocenters. The summed E-state index contributed by atoms with van der Waals surface area (Å²) in [5.74, 6) is 0.687. The van der Waals surface area contributed by atoms with Crippen LogP contribution in [-0.2, 0) is 0 Å². The van der Waals surface area contributed by atoms with Gasteiger partial charge in [-0.3, -0.25) is 4.79 Å². The molecule has 0 spiro atoms. The molecule has 0 amide bonds. The van der Waals surface area contributed by atoms with Crippen molar-refractivity contribution in [2.45, 2.75) is 45.6 Å².